The van der Waals surface area contributed by atoms with Crippen LogP contribution in [0.15, 0.2) is 30.3 Å². The van der Waals surface area contributed by atoms with Gasteiger partial charge in [0.15, 0.2) is 0 Å². The first-order chi connectivity index (χ1) is 10.8. The lowest BCUT2D eigenvalue weighted by molar-refractivity contribution is -0.124. The Morgan fingerprint density at radius 2 is 1.91 bits per heavy atom. The molecule has 0 saturated carbocycles. The van der Waals surface area contributed by atoms with Crippen LogP contribution in [0.5, 0.6) is 0 Å². The van der Waals surface area contributed by atoms with Crippen molar-refractivity contribution in [1.82, 2.24) is 5.32 Å². The predicted molar refractivity (Wildman–Crippen MR) is 88.5 cm³/mol. The first-order valence-corrected chi connectivity index (χ1v) is 8.42. The maximum absolute atomic E-state index is 12.0. The van der Waals surface area contributed by atoms with Crippen molar-refractivity contribution in [3.8, 4) is 0 Å². The van der Waals surface area contributed by atoms with Gasteiger partial charge in [-0.05, 0) is 43.6 Å². The summed E-state index contributed by atoms with van der Waals surface area (Å²) in [5, 5.41) is 2.97. The fraction of sp³-hybridized carbons (Fsp3) is 0.611. The smallest absolute Gasteiger partial charge is 0.237 e. The van der Waals surface area contributed by atoms with Gasteiger partial charge < -0.3 is 15.8 Å². The van der Waals surface area contributed by atoms with Crippen LogP contribution in [0.1, 0.15) is 37.7 Å². The van der Waals surface area contributed by atoms with Gasteiger partial charge in [0.25, 0.3) is 0 Å². The number of nitrogens with two attached hydrogens (primary N) is 1. The molecular weight excluding hydrogens is 276 g/mol. The summed E-state index contributed by atoms with van der Waals surface area (Å²) in [7, 11) is 0. The largest absolute Gasteiger partial charge is 0.381 e. The summed E-state index contributed by atoms with van der Waals surface area (Å²) in [6, 6.07) is 10.1. The number of rotatable bonds is 8. The first kappa shape index (κ1) is 17.0. The molecule has 4 nitrogen and oxygen atoms in total. The molecule has 1 aliphatic heterocycles. The summed E-state index contributed by atoms with van der Waals surface area (Å²) in [6.45, 7) is 2.18. The van der Waals surface area contributed by atoms with E-state index in [0.29, 0.717) is 0 Å². The van der Waals surface area contributed by atoms with Crippen molar-refractivity contribution >= 4 is 5.91 Å². The minimum Gasteiger partial charge on any atom is -0.381 e. The van der Waals surface area contributed by atoms with Crippen LogP contribution in [0.2, 0.25) is 0 Å². The quantitative estimate of drug-likeness (QED) is 0.724. The molecule has 22 heavy (non-hydrogen) atoms. The standard InChI is InChI=1S/C18H28N2O2/c19-17(16-10-13-22-14-11-16)18(21)20-12-6-2-5-9-15-7-3-1-4-8-15/h1,3-4,7-8,16-17H,2,5-6,9-14,19H2,(H,20,21). The highest BCUT2D eigenvalue weighted by molar-refractivity contribution is 5.81. The molecule has 122 valence electrons. The number of carbonyl (C=O) groups is 1. The zero-order valence-corrected chi connectivity index (χ0v) is 13.3. The van der Waals surface area contributed by atoms with Crippen molar-refractivity contribution in [1.29, 1.82) is 0 Å². The van der Waals surface area contributed by atoms with E-state index in [1.54, 1.807) is 0 Å². The van der Waals surface area contributed by atoms with E-state index < -0.39 is 0 Å². The molecule has 1 aliphatic rings. The Morgan fingerprint density at radius 3 is 2.64 bits per heavy atom. The molecule has 1 fully saturated rings. The Kier molecular flexibility index (Phi) is 7.40. The van der Waals surface area contributed by atoms with E-state index in [2.05, 4.69) is 29.6 Å². The summed E-state index contributed by atoms with van der Waals surface area (Å²) >= 11 is 0. The maximum Gasteiger partial charge on any atom is 0.237 e. The minimum atomic E-state index is -0.381. The number of carbonyl (C=O) groups excluding carboxylic acids is 1. The maximum atomic E-state index is 12.0. The third-order valence-corrected chi connectivity index (χ3v) is 4.36. The second-order valence-electron chi connectivity index (χ2n) is 6.06. The summed E-state index contributed by atoms with van der Waals surface area (Å²) in [5.41, 5.74) is 7.42. The number of unbranched alkanes of at least 4 members (excludes halogenated alkanes) is 2. The Balaban J connectivity index is 1.53. The number of amides is 1. The van der Waals surface area contributed by atoms with Crippen molar-refractivity contribution in [2.45, 2.75) is 44.6 Å². The van der Waals surface area contributed by atoms with Gasteiger partial charge in [0, 0.05) is 19.8 Å². The van der Waals surface area contributed by atoms with Gasteiger partial charge in [0.2, 0.25) is 5.91 Å². The van der Waals surface area contributed by atoms with Crippen molar-refractivity contribution in [3.63, 3.8) is 0 Å². The highest BCUT2D eigenvalue weighted by Gasteiger charge is 2.26. The van der Waals surface area contributed by atoms with Gasteiger partial charge in [-0.15, -0.1) is 0 Å². The second kappa shape index (κ2) is 9.59. The van der Waals surface area contributed by atoms with E-state index in [1.165, 1.54) is 5.56 Å². The van der Waals surface area contributed by atoms with Gasteiger partial charge in [-0.3, -0.25) is 4.79 Å². The molecule has 1 aromatic rings. The number of nitrogens with one attached hydrogen (secondary N) is 1. The van der Waals surface area contributed by atoms with Crippen LogP contribution in [0.4, 0.5) is 0 Å². The number of ether oxygens (including phenoxy) is 1. The van der Waals surface area contributed by atoms with Gasteiger partial charge in [-0.1, -0.05) is 36.8 Å². The fourth-order valence-electron chi connectivity index (χ4n) is 2.89. The van der Waals surface area contributed by atoms with Crippen LogP contribution < -0.4 is 11.1 Å². The van der Waals surface area contributed by atoms with E-state index in [-0.39, 0.29) is 17.9 Å². The molecule has 1 unspecified atom stereocenters. The molecule has 1 aromatic carbocycles. The average molecular weight is 304 g/mol. The van der Waals surface area contributed by atoms with Crippen molar-refractivity contribution in [2.75, 3.05) is 19.8 Å². The van der Waals surface area contributed by atoms with E-state index >= 15 is 0 Å². The van der Waals surface area contributed by atoms with E-state index in [9.17, 15) is 4.79 Å². The van der Waals surface area contributed by atoms with Gasteiger partial charge in [-0.25, -0.2) is 0 Å². The van der Waals surface area contributed by atoms with E-state index in [0.717, 1.165) is 58.3 Å². The van der Waals surface area contributed by atoms with Crippen LogP contribution >= 0.6 is 0 Å². The molecule has 2 rings (SSSR count). The molecule has 1 heterocycles. The Labute approximate surface area is 133 Å². The van der Waals surface area contributed by atoms with Crippen molar-refractivity contribution < 1.29 is 9.53 Å². The second-order valence-corrected chi connectivity index (χ2v) is 6.06. The van der Waals surface area contributed by atoms with Gasteiger partial charge in [-0.2, -0.15) is 0 Å². The first-order valence-electron chi connectivity index (χ1n) is 8.42. The van der Waals surface area contributed by atoms with E-state index in [4.69, 9.17) is 10.5 Å². The van der Waals surface area contributed by atoms with Crippen molar-refractivity contribution in [3.05, 3.63) is 35.9 Å². The Bertz CT molecular complexity index is 430. The number of benzene rings is 1. The highest BCUT2D eigenvalue weighted by atomic mass is 16.5. The lowest BCUT2D eigenvalue weighted by Crippen LogP contribution is -2.47. The van der Waals surface area contributed by atoms with Crippen molar-refractivity contribution in [2.24, 2.45) is 11.7 Å². The number of hydrogen-bond donors (Lipinski definition) is 2. The normalized spacial score (nSPS) is 17.1. The zero-order chi connectivity index (χ0) is 15.6. The summed E-state index contributed by atoms with van der Waals surface area (Å²) in [5.74, 6) is 0.266. The Morgan fingerprint density at radius 1 is 1.18 bits per heavy atom. The predicted octanol–water partition coefficient (Wildman–Crippen LogP) is 2.27. The SMILES string of the molecule is NC(C(=O)NCCCCCc1ccccc1)C1CCOCC1. The average Bonchev–Trinajstić information content (AvgIpc) is 2.58. The van der Waals surface area contributed by atoms with Gasteiger partial charge >= 0.3 is 0 Å². The van der Waals surface area contributed by atoms with Gasteiger partial charge in [0.05, 0.1) is 6.04 Å². The molecule has 1 saturated heterocycles. The number of hydrogen-bond acceptors (Lipinski definition) is 3. The molecule has 0 aromatic heterocycles. The molecule has 0 aliphatic carbocycles. The van der Waals surface area contributed by atoms with Gasteiger partial charge in [0.1, 0.15) is 0 Å². The molecular formula is C18H28N2O2. The number of aryl methyl sites for hydroxylation is 1. The molecule has 1 amide bonds. The van der Waals surface area contributed by atoms with Crippen LogP contribution in [0.3, 0.4) is 0 Å². The van der Waals surface area contributed by atoms with Crippen LogP contribution in [-0.4, -0.2) is 31.7 Å². The third-order valence-electron chi connectivity index (χ3n) is 4.36. The molecule has 4 heteroatoms. The third kappa shape index (κ3) is 5.78. The summed E-state index contributed by atoms with van der Waals surface area (Å²) in [6.07, 6.45) is 6.19. The highest BCUT2D eigenvalue weighted by Crippen LogP contribution is 2.17. The van der Waals surface area contributed by atoms with Crippen LogP contribution in [0, 0.1) is 5.92 Å². The summed E-state index contributed by atoms with van der Waals surface area (Å²) in [4.78, 5) is 12.0. The monoisotopic (exact) mass is 304 g/mol. The lowest BCUT2D eigenvalue weighted by atomic mass is 9.92. The Hall–Kier alpha value is -1.39. The fourth-order valence-corrected chi connectivity index (χ4v) is 2.89. The van der Waals surface area contributed by atoms with Crippen LogP contribution in [0.25, 0.3) is 0 Å². The molecule has 0 radical (unpaired) electrons. The zero-order valence-electron chi connectivity index (χ0n) is 13.3. The van der Waals surface area contributed by atoms with Crippen LogP contribution in [-0.2, 0) is 16.0 Å². The molecule has 3 N–H and O–H groups in total. The molecule has 0 spiro atoms. The lowest BCUT2D eigenvalue weighted by Gasteiger charge is -2.26. The van der Waals surface area contributed by atoms with E-state index in [1.807, 2.05) is 6.07 Å². The molecule has 0 bridgehead atoms. The molecule has 1 atom stereocenters. The minimum absolute atomic E-state index is 0.00467. The topological polar surface area (TPSA) is 64.4 Å². The summed E-state index contributed by atoms with van der Waals surface area (Å²) < 4.78 is 5.30.